The van der Waals surface area contributed by atoms with Crippen LogP contribution in [0.25, 0.3) is 11.1 Å². The summed E-state index contributed by atoms with van der Waals surface area (Å²) in [6.07, 6.45) is 0. The standard InChI is InChI=1S/C13H16BrN3O2/c1-15-3-5-17(6-4-15)13(18)10-7-11-9(16(10)2)8-12(14)19-11/h7-8H,3-6H2,1-2H3. The van der Waals surface area contributed by atoms with Crippen molar-refractivity contribution in [2.45, 2.75) is 0 Å². The Kier molecular flexibility index (Phi) is 3.14. The van der Waals surface area contributed by atoms with Crippen molar-refractivity contribution >= 4 is 32.9 Å². The largest absolute Gasteiger partial charge is 0.448 e. The molecule has 102 valence electrons. The molecular weight excluding hydrogens is 310 g/mol. The van der Waals surface area contributed by atoms with Crippen molar-refractivity contribution in [3.05, 3.63) is 22.5 Å². The summed E-state index contributed by atoms with van der Waals surface area (Å²) >= 11 is 3.30. The molecule has 0 unspecified atom stereocenters. The fraction of sp³-hybridized carbons (Fsp3) is 0.462. The maximum absolute atomic E-state index is 12.5. The lowest BCUT2D eigenvalue weighted by Gasteiger charge is -2.32. The van der Waals surface area contributed by atoms with Gasteiger partial charge in [-0.25, -0.2) is 0 Å². The van der Waals surface area contributed by atoms with Gasteiger partial charge in [-0.15, -0.1) is 0 Å². The van der Waals surface area contributed by atoms with Crippen LogP contribution < -0.4 is 0 Å². The van der Waals surface area contributed by atoms with Gasteiger partial charge in [-0.3, -0.25) is 4.79 Å². The first kappa shape index (κ1) is 12.7. The van der Waals surface area contributed by atoms with Gasteiger partial charge >= 0.3 is 0 Å². The number of aryl methyl sites for hydroxylation is 1. The summed E-state index contributed by atoms with van der Waals surface area (Å²) in [7, 11) is 3.97. The Balaban J connectivity index is 1.89. The van der Waals surface area contributed by atoms with Crippen molar-refractivity contribution in [2.24, 2.45) is 7.05 Å². The second-order valence-corrected chi connectivity index (χ2v) is 5.77. The number of rotatable bonds is 1. The second kappa shape index (κ2) is 4.68. The number of likely N-dealkylation sites (N-methyl/N-ethyl adjacent to an activating group) is 1. The molecule has 0 N–H and O–H groups in total. The van der Waals surface area contributed by atoms with Crippen LogP contribution in [0.2, 0.25) is 0 Å². The molecule has 1 fully saturated rings. The third-order valence-electron chi connectivity index (χ3n) is 3.71. The predicted molar refractivity (Wildman–Crippen MR) is 76.3 cm³/mol. The number of amides is 1. The molecule has 3 heterocycles. The lowest BCUT2D eigenvalue weighted by molar-refractivity contribution is 0.0655. The number of fused-ring (bicyclic) bond motifs is 1. The highest BCUT2D eigenvalue weighted by molar-refractivity contribution is 9.10. The summed E-state index contributed by atoms with van der Waals surface area (Å²) in [5.41, 5.74) is 2.36. The third kappa shape index (κ3) is 2.19. The molecule has 1 aliphatic heterocycles. The summed E-state index contributed by atoms with van der Waals surface area (Å²) in [6.45, 7) is 3.42. The number of piperazine rings is 1. The van der Waals surface area contributed by atoms with Crippen molar-refractivity contribution in [3.8, 4) is 0 Å². The van der Waals surface area contributed by atoms with Crippen LogP contribution in [0.5, 0.6) is 0 Å². The third-order valence-corrected chi connectivity index (χ3v) is 4.10. The minimum Gasteiger partial charge on any atom is -0.448 e. The summed E-state index contributed by atoms with van der Waals surface area (Å²) in [4.78, 5) is 16.7. The van der Waals surface area contributed by atoms with Gasteiger partial charge in [0, 0.05) is 45.4 Å². The van der Waals surface area contributed by atoms with Gasteiger partial charge in [0.05, 0.1) is 5.52 Å². The highest BCUT2D eigenvalue weighted by Gasteiger charge is 2.24. The normalized spacial score (nSPS) is 17.3. The molecule has 19 heavy (non-hydrogen) atoms. The van der Waals surface area contributed by atoms with Gasteiger partial charge in [0.1, 0.15) is 5.69 Å². The quantitative estimate of drug-likeness (QED) is 0.804. The molecule has 0 atom stereocenters. The Hall–Kier alpha value is -1.27. The first-order valence-electron chi connectivity index (χ1n) is 6.29. The maximum atomic E-state index is 12.5. The molecule has 5 nitrogen and oxygen atoms in total. The molecule has 0 saturated carbocycles. The molecule has 2 aromatic heterocycles. The van der Waals surface area contributed by atoms with E-state index in [1.807, 2.05) is 28.6 Å². The van der Waals surface area contributed by atoms with Gasteiger partial charge in [-0.1, -0.05) is 0 Å². The fourth-order valence-corrected chi connectivity index (χ4v) is 2.85. The highest BCUT2D eigenvalue weighted by atomic mass is 79.9. The summed E-state index contributed by atoms with van der Waals surface area (Å²) in [6, 6.07) is 3.71. The van der Waals surface area contributed by atoms with E-state index in [9.17, 15) is 4.79 Å². The second-order valence-electron chi connectivity index (χ2n) is 4.98. The van der Waals surface area contributed by atoms with Gasteiger partial charge in [-0.2, -0.15) is 0 Å². The van der Waals surface area contributed by atoms with E-state index < -0.39 is 0 Å². The zero-order valence-electron chi connectivity index (χ0n) is 11.0. The molecule has 0 radical (unpaired) electrons. The number of halogens is 1. The molecule has 0 spiro atoms. The van der Waals surface area contributed by atoms with Crippen LogP contribution in [0, 0.1) is 0 Å². The first-order chi connectivity index (χ1) is 9.06. The average Bonchev–Trinajstić information content (AvgIpc) is 2.88. The SMILES string of the molecule is CN1CCN(C(=O)c2cc3oc(Br)cc3n2C)CC1. The zero-order valence-corrected chi connectivity index (χ0v) is 12.6. The van der Waals surface area contributed by atoms with Crippen molar-refractivity contribution in [2.75, 3.05) is 33.2 Å². The van der Waals surface area contributed by atoms with Crippen LogP contribution >= 0.6 is 15.9 Å². The molecule has 6 heteroatoms. The van der Waals surface area contributed by atoms with Crippen molar-refractivity contribution < 1.29 is 9.21 Å². The number of furan rings is 1. The molecule has 0 aromatic carbocycles. The predicted octanol–water partition coefficient (Wildman–Crippen LogP) is 1.92. The lowest BCUT2D eigenvalue weighted by atomic mass is 10.3. The number of carbonyl (C=O) groups is 1. The lowest BCUT2D eigenvalue weighted by Crippen LogP contribution is -2.47. The van der Waals surface area contributed by atoms with Gasteiger partial charge in [0.25, 0.3) is 5.91 Å². The minimum absolute atomic E-state index is 0.0816. The molecule has 3 rings (SSSR count). The van der Waals surface area contributed by atoms with Crippen LogP contribution in [0.3, 0.4) is 0 Å². The van der Waals surface area contributed by atoms with Gasteiger partial charge in [0.2, 0.25) is 0 Å². The smallest absolute Gasteiger partial charge is 0.270 e. The van der Waals surface area contributed by atoms with E-state index in [1.54, 1.807) is 0 Å². The molecule has 0 aliphatic carbocycles. The fourth-order valence-electron chi connectivity index (χ4n) is 2.46. The molecule has 1 amide bonds. The van der Waals surface area contributed by atoms with Crippen LogP contribution in [0.15, 0.2) is 21.2 Å². The van der Waals surface area contributed by atoms with Crippen molar-refractivity contribution in [1.82, 2.24) is 14.4 Å². The van der Waals surface area contributed by atoms with E-state index in [0.29, 0.717) is 10.4 Å². The topological polar surface area (TPSA) is 41.6 Å². The van der Waals surface area contributed by atoms with Crippen molar-refractivity contribution in [3.63, 3.8) is 0 Å². The number of carbonyl (C=O) groups excluding carboxylic acids is 1. The Labute approximate surface area is 119 Å². The van der Waals surface area contributed by atoms with Crippen molar-refractivity contribution in [1.29, 1.82) is 0 Å². The average molecular weight is 326 g/mol. The molecule has 2 aromatic rings. The summed E-state index contributed by atoms with van der Waals surface area (Å²) in [5, 5.41) is 0. The first-order valence-corrected chi connectivity index (χ1v) is 7.08. The molecule has 1 aliphatic rings. The van der Waals surface area contributed by atoms with Crippen LogP contribution in [0.4, 0.5) is 0 Å². The Morgan fingerprint density at radius 1 is 1.21 bits per heavy atom. The highest BCUT2D eigenvalue weighted by Crippen LogP contribution is 2.26. The zero-order chi connectivity index (χ0) is 13.6. The Bertz CT molecular complexity index is 623. The Morgan fingerprint density at radius 2 is 1.89 bits per heavy atom. The monoisotopic (exact) mass is 325 g/mol. The van der Waals surface area contributed by atoms with E-state index in [4.69, 9.17) is 4.42 Å². The summed E-state index contributed by atoms with van der Waals surface area (Å²) < 4.78 is 8.08. The van der Waals surface area contributed by atoms with Crippen LogP contribution in [-0.2, 0) is 7.05 Å². The summed E-state index contributed by atoms with van der Waals surface area (Å²) in [5.74, 6) is 0.0816. The van der Waals surface area contributed by atoms with Gasteiger partial charge in [-0.05, 0) is 23.0 Å². The van der Waals surface area contributed by atoms with E-state index in [1.165, 1.54) is 0 Å². The maximum Gasteiger partial charge on any atom is 0.270 e. The molecule has 1 saturated heterocycles. The van der Waals surface area contributed by atoms with Gasteiger partial charge < -0.3 is 18.8 Å². The number of aromatic nitrogens is 1. The van der Waals surface area contributed by atoms with Crippen LogP contribution in [0.1, 0.15) is 10.5 Å². The Morgan fingerprint density at radius 3 is 2.53 bits per heavy atom. The van der Waals surface area contributed by atoms with Gasteiger partial charge in [0.15, 0.2) is 10.3 Å². The number of hydrogen-bond donors (Lipinski definition) is 0. The van der Waals surface area contributed by atoms with E-state index in [0.717, 1.165) is 37.3 Å². The van der Waals surface area contributed by atoms with E-state index in [2.05, 4.69) is 27.9 Å². The van der Waals surface area contributed by atoms with E-state index in [-0.39, 0.29) is 5.91 Å². The molecule has 0 bridgehead atoms. The number of hydrogen-bond acceptors (Lipinski definition) is 3. The minimum atomic E-state index is 0.0816. The van der Waals surface area contributed by atoms with E-state index >= 15 is 0 Å². The molecular formula is C13H16BrN3O2. The van der Waals surface area contributed by atoms with Crippen LogP contribution in [-0.4, -0.2) is 53.5 Å². The number of nitrogens with zero attached hydrogens (tertiary/aromatic N) is 3.